The third-order valence-corrected chi connectivity index (χ3v) is 6.08. The van der Waals surface area contributed by atoms with Crippen LogP contribution in [0, 0.1) is 12.3 Å². The SMILES string of the molecule is Cc1nc(NC(=O)N2CCC(C)(C)C2=O)ccc1Oc1ccnc(-c2cnn(C3CC3)c2)c1. The lowest BCUT2D eigenvalue weighted by Crippen LogP contribution is -2.39. The normalized spacial score (nSPS) is 17.3. The topological polar surface area (TPSA) is 102 Å². The Hall–Kier alpha value is -3.75. The summed E-state index contributed by atoms with van der Waals surface area (Å²) in [6, 6.07) is 7.11. The molecule has 9 nitrogen and oxygen atoms in total. The second kappa shape index (κ2) is 7.99. The number of aryl methyl sites for hydroxylation is 1. The minimum Gasteiger partial charge on any atom is -0.455 e. The quantitative estimate of drug-likeness (QED) is 0.616. The van der Waals surface area contributed by atoms with Crippen molar-refractivity contribution in [2.75, 3.05) is 11.9 Å². The molecule has 3 aromatic rings. The van der Waals surface area contributed by atoms with Crippen LogP contribution in [0.5, 0.6) is 11.5 Å². The highest BCUT2D eigenvalue weighted by atomic mass is 16.5. The number of pyridine rings is 2. The molecule has 0 spiro atoms. The van der Waals surface area contributed by atoms with E-state index < -0.39 is 11.4 Å². The number of amides is 3. The summed E-state index contributed by atoms with van der Waals surface area (Å²) in [5.74, 6) is 1.39. The molecule has 1 saturated heterocycles. The average Bonchev–Trinajstić information content (AvgIpc) is 3.44. The highest BCUT2D eigenvalue weighted by molar-refractivity contribution is 6.03. The Morgan fingerprint density at radius 3 is 2.76 bits per heavy atom. The van der Waals surface area contributed by atoms with E-state index >= 15 is 0 Å². The third kappa shape index (κ3) is 4.30. The third-order valence-electron chi connectivity index (χ3n) is 6.08. The molecule has 2 fully saturated rings. The molecule has 4 heterocycles. The van der Waals surface area contributed by atoms with Gasteiger partial charge in [0.15, 0.2) is 0 Å². The predicted molar refractivity (Wildman–Crippen MR) is 122 cm³/mol. The van der Waals surface area contributed by atoms with Crippen LogP contribution < -0.4 is 10.1 Å². The smallest absolute Gasteiger partial charge is 0.329 e. The van der Waals surface area contributed by atoms with Gasteiger partial charge in [0.05, 0.1) is 23.6 Å². The second-order valence-corrected chi connectivity index (χ2v) is 9.22. The lowest BCUT2D eigenvalue weighted by Gasteiger charge is -2.18. The van der Waals surface area contributed by atoms with Crippen LogP contribution in [0.3, 0.4) is 0 Å². The summed E-state index contributed by atoms with van der Waals surface area (Å²) in [5.41, 5.74) is 1.83. The Labute approximate surface area is 191 Å². The van der Waals surface area contributed by atoms with E-state index in [4.69, 9.17) is 4.74 Å². The van der Waals surface area contributed by atoms with Crippen LogP contribution in [0.1, 0.15) is 44.8 Å². The van der Waals surface area contributed by atoms with Crippen LogP contribution >= 0.6 is 0 Å². The molecule has 0 unspecified atom stereocenters. The second-order valence-electron chi connectivity index (χ2n) is 9.22. The molecule has 2 aliphatic rings. The Balaban J connectivity index is 1.27. The monoisotopic (exact) mass is 446 g/mol. The Morgan fingerprint density at radius 2 is 2.06 bits per heavy atom. The number of urea groups is 1. The highest BCUT2D eigenvalue weighted by Gasteiger charge is 2.41. The number of nitrogens with one attached hydrogen (secondary N) is 1. The van der Waals surface area contributed by atoms with E-state index in [1.54, 1.807) is 31.3 Å². The van der Waals surface area contributed by atoms with Crippen LogP contribution in [0.4, 0.5) is 10.6 Å². The van der Waals surface area contributed by atoms with Crippen LogP contribution in [0.15, 0.2) is 42.9 Å². The van der Waals surface area contributed by atoms with Gasteiger partial charge >= 0.3 is 6.03 Å². The zero-order chi connectivity index (χ0) is 23.2. The first-order chi connectivity index (χ1) is 15.8. The Kier molecular flexibility index (Phi) is 5.11. The van der Waals surface area contributed by atoms with Gasteiger partial charge < -0.3 is 4.74 Å². The molecule has 0 aromatic carbocycles. The molecule has 9 heteroatoms. The van der Waals surface area contributed by atoms with Gasteiger partial charge in [-0.1, -0.05) is 13.8 Å². The van der Waals surface area contributed by atoms with E-state index in [0.29, 0.717) is 42.0 Å². The van der Waals surface area contributed by atoms with E-state index in [1.807, 2.05) is 37.0 Å². The molecule has 170 valence electrons. The van der Waals surface area contributed by atoms with E-state index in [1.165, 1.54) is 17.7 Å². The maximum absolute atomic E-state index is 12.5. The molecule has 1 aliphatic heterocycles. The van der Waals surface area contributed by atoms with Crippen LogP contribution in [0.2, 0.25) is 0 Å². The summed E-state index contributed by atoms with van der Waals surface area (Å²) >= 11 is 0. The number of likely N-dealkylation sites (tertiary alicyclic amines) is 1. The van der Waals surface area contributed by atoms with Gasteiger partial charge in [0.25, 0.3) is 0 Å². The van der Waals surface area contributed by atoms with Crippen molar-refractivity contribution >= 4 is 17.8 Å². The number of imide groups is 1. The van der Waals surface area contributed by atoms with E-state index in [9.17, 15) is 9.59 Å². The van der Waals surface area contributed by atoms with Crippen LogP contribution in [-0.2, 0) is 4.79 Å². The summed E-state index contributed by atoms with van der Waals surface area (Å²) < 4.78 is 8.02. The first-order valence-corrected chi connectivity index (χ1v) is 11.1. The number of aromatic nitrogens is 4. The number of anilines is 1. The standard InChI is InChI=1S/C24H26N6O3/c1-15-20(6-7-21(27-15)28-23(32)29-11-9-24(2,3)22(29)31)33-18-8-10-25-19(12-18)16-13-26-30(14-16)17-4-5-17/h6-8,10,12-14,17H,4-5,9,11H2,1-3H3,(H,27,28,32). The maximum atomic E-state index is 12.5. The summed E-state index contributed by atoms with van der Waals surface area (Å²) in [6.07, 6.45) is 8.53. The zero-order valence-electron chi connectivity index (χ0n) is 18.9. The first-order valence-electron chi connectivity index (χ1n) is 11.1. The molecule has 3 aromatic heterocycles. The molecule has 0 atom stereocenters. The van der Waals surface area contributed by atoms with Crippen molar-refractivity contribution < 1.29 is 14.3 Å². The fraction of sp³-hybridized carbons (Fsp3) is 0.375. The summed E-state index contributed by atoms with van der Waals surface area (Å²) in [5, 5.41) is 7.13. The highest BCUT2D eigenvalue weighted by Crippen LogP contribution is 2.35. The summed E-state index contributed by atoms with van der Waals surface area (Å²) in [4.78, 5) is 35.0. The zero-order valence-corrected chi connectivity index (χ0v) is 18.9. The number of rotatable bonds is 5. The van der Waals surface area contributed by atoms with Crippen molar-refractivity contribution in [1.82, 2.24) is 24.6 Å². The van der Waals surface area contributed by atoms with Crippen molar-refractivity contribution in [1.29, 1.82) is 0 Å². The van der Waals surface area contributed by atoms with Gasteiger partial charge in [-0.3, -0.25) is 24.7 Å². The molecular weight excluding hydrogens is 420 g/mol. The average molecular weight is 447 g/mol. The first kappa shape index (κ1) is 21.1. The fourth-order valence-corrected chi connectivity index (χ4v) is 3.83. The van der Waals surface area contributed by atoms with Gasteiger partial charge in [0, 0.05) is 36.0 Å². The lowest BCUT2D eigenvalue weighted by atomic mass is 9.92. The van der Waals surface area contributed by atoms with Crippen molar-refractivity contribution in [2.45, 2.75) is 46.1 Å². The van der Waals surface area contributed by atoms with Gasteiger partial charge in [0.2, 0.25) is 5.91 Å². The molecule has 3 amide bonds. The van der Waals surface area contributed by atoms with Crippen molar-refractivity contribution in [3.8, 4) is 22.8 Å². The summed E-state index contributed by atoms with van der Waals surface area (Å²) in [7, 11) is 0. The lowest BCUT2D eigenvalue weighted by molar-refractivity contribution is -0.131. The molecule has 1 saturated carbocycles. The number of carbonyl (C=O) groups is 2. The summed E-state index contributed by atoms with van der Waals surface area (Å²) in [6.45, 7) is 5.90. The van der Waals surface area contributed by atoms with E-state index in [-0.39, 0.29) is 5.91 Å². The molecule has 0 radical (unpaired) electrons. The van der Waals surface area contributed by atoms with E-state index in [0.717, 1.165) is 11.3 Å². The largest absolute Gasteiger partial charge is 0.455 e. The fourth-order valence-electron chi connectivity index (χ4n) is 3.83. The van der Waals surface area contributed by atoms with Crippen molar-refractivity contribution in [3.63, 3.8) is 0 Å². The van der Waals surface area contributed by atoms with Crippen LogP contribution in [0.25, 0.3) is 11.3 Å². The molecule has 1 aliphatic carbocycles. The molecule has 5 rings (SSSR count). The van der Waals surface area contributed by atoms with Gasteiger partial charge in [-0.25, -0.2) is 9.78 Å². The number of hydrogen-bond acceptors (Lipinski definition) is 6. The van der Waals surface area contributed by atoms with E-state index in [2.05, 4.69) is 20.4 Å². The predicted octanol–water partition coefficient (Wildman–Crippen LogP) is 4.57. The Morgan fingerprint density at radius 1 is 1.24 bits per heavy atom. The number of ether oxygens (including phenoxy) is 1. The molecule has 0 bridgehead atoms. The molecular formula is C24H26N6O3. The van der Waals surface area contributed by atoms with Crippen molar-refractivity contribution in [3.05, 3.63) is 48.5 Å². The number of hydrogen-bond donors (Lipinski definition) is 1. The molecule has 33 heavy (non-hydrogen) atoms. The molecule has 1 N–H and O–H groups in total. The number of nitrogens with zero attached hydrogens (tertiary/aromatic N) is 5. The minimum atomic E-state index is -0.516. The van der Waals surface area contributed by atoms with Gasteiger partial charge in [-0.05, 0) is 44.4 Å². The van der Waals surface area contributed by atoms with Gasteiger partial charge in [-0.15, -0.1) is 0 Å². The van der Waals surface area contributed by atoms with Crippen LogP contribution in [-0.4, -0.2) is 43.1 Å². The number of carbonyl (C=O) groups excluding carboxylic acids is 2. The minimum absolute atomic E-state index is 0.173. The Bertz CT molecular complexity index is 1230. The van der Waals surface area contributed by atoms with Crippen molar-refractivity contribution in [2.24, 2.45) is 5.41 Å². The maximum Gasteiger partial charge on any atom is 0.329 e. The van der Waals surface area contributed by atoms with Gasteiger partial charge in [-0.2, -0.15) is 5.10 Å². The van der Waals surface area contributed by atoms with Gasteiger partial charge in [0.1, 0.15) is 17.3 Å².